The van der Waals surface area contributed by atoms with E-state index in [1.807, 2.05) is 18.5 Å². The van der Waals surface area contributed by atoms with Gasteiger partial charge in [-0.25, -0.2) is 9.97 Å². The second kappa shape index (κ2) is 6.58. The fourth-order valence-electron chi connectivity index (χ4n) is 1.44. The molecule has 2 rings (SSSR count). The van der Waals surface area contributed by atoms with Crippen molar-refractivity contribution >= 4 is 45.3 Å². The van der Waals surface area contributed by atoms with Crippen molar-refractivity contribution in [2.75, 3.05) is 12.0 Å². The van der Waals surface area contributed by atoms with Crippen LogP contribution in [0.5, 0.6) is 0 Å². The molecule has 2 heterocycles. The first-order chi connectivity index (χ1) is 9.10. The maximum atomic E-state index is 5.85. The first-order valence-corrected chi connectivity index (χ1v) is 8.52. The molecule has 100 valence electrons. The highest BCUT2D eigenvalue weighted by Crippen LogP contribution is 2.30. The summed E-state index contributed by atoms with van der Waals surface area (Å²) in [7, 11) is 0. The molecule has 0 saturated heterocycles. The maximum Gasteiger partial charge on any atom is 0.191 e. The summed E-state index contributed by atoms with van der Waals surface area (Å²) < 4.78 is 0.762. The van der Waals surface area contributed by atoms with E-state index < -0.39 is 0 Å². The van der Waals surface area contributed by atoms with E-state index in [4.69, 9.17) is 5.73 Å². The van der Waals surface area contributed by atoms with E-state index in [-0.39, 0.29) is 0 Å². The van der Waals surface area contributed by atoms with E-state index in [0.717, 1.165) is 20.9 Å². The Bertz CT molecular complexity index is 592. The number of nitrogens with two attached hydrogens (primary N) is 1. The molecule has 0 radical (unpaired) electrons. The molecule has 7 heteroatoms. The molecule has 0 unspecified atom stereocenters. The van der Waals surface area contributed by atoms with Gasteiger partial charge in [0.25, 0.3) is 0 Å². The van der Waals surface area contributed by atoms with Gasteiger partial charge in [-0.1, -0.05) is 11.8 Å². The minimum Gasteiger partial charge on any atom is -0.383 e. The van der Waals surface area contributed by atoms with E-state index >= 15 is 0 Å². The van der Waals surface area contributed by atoms with Crippen molar-refractivity contribution in [2.45, 2.75) is 22.9 Å². The molecule has 2 aromatic rings. The molecule has 0 aliphatic carbocycles. The highest BCUT2D eigenvalue weighted by atomic mass is 79.9. The number of aryl methyl sites for hydroxylation is 1. The largest absolute Gasteiger partial charge is 0.383 e. The van der Waals surface area contributed by atoms with Crippen molar-refractivity contribution in [1.29, 1.82) is 0 Å². The Hall–Kier alpha value is -0.790. The monoisotopic (exact) mass is 356 g/mol. The predicted molar refractivity (Wildman–Crippen MR) is 84.5 cm³/mol. The van der Waals surface area contributed by atoms with Gasteiger partial charge in [0, 0.05) is 11.9 Å². The fourth-order valence-corrected chi connectivity index (χ4v) is 3.37. The molecule has 0 amide bonds. The van der Waals surface area contributed by atoms with Gasteiger partial charge >= 0.3 is 0 Å². The van der Waals surface area contributed by atoms with E-state index in [1.165, 1.54) is 17.3 Å². The number of hydrogen-bond acceptors (Lipinski definition) is 6. The number of thioether (sulfide) groups is 2. The number of anilines is 1. The predicted octanol–water partition coefficient (Wildman–Crippen LogP) is 3.54. The van der Waals surface area contributed by atoms with Crippen LogP contribution in [0, 0.1) is 6.92 Å². The molecule has 0 aliphatic heterocycles. The van der Waals surface area contributed by atoms with Crippen LogP contribution in [-0.4, -0.2) is 21.2 Å². The van der Waals surface area contributed by atoms with Gasteiger partial charge in [-0.2, -0.15) is 0 Å². The van der Waals surface area contributed by atoms with Crippen molar-refractivity contribution in [2.24, 2.45) is 0 Å². The Morgan fingerprint density at radius 2 is 2.16 bits per heavy atom. The van der Waals surface area contributed by atoms with Crippen molar-refractivity contribution in [1.82, 2.24) is 15.0 Å². The number of nitrogen functional groups attached to an aromatic ring is 1. The average Bonchev–Trinajstić information content (AvgIpc) is 2.40. The van der Waals surface area contributed by atoms with E-state index in [9.17, 15) is 0 Å². The van der Waals surface area contributed by atoms with Gasteiger partial charge < -0.3 is 5.73 Å². The summed E-state index contributed by atoms with van der Waals surface area (Å²) in [6, 6.07) is 4.04. The SMILES string of the molecule is CSc1nc(SCc2cc(C)ccn2)nc(N)c1Br. The molecule has 0 saturated carbocycles. The van der Waals surface area contributed by atoms with Crippen molar-refractivity contribution in [3.8, 4) is 0 Å². The van der Waals surface area contributed by atoms with Crippen LogP contribution < -0.4 is 5.73 Å². The van der Waals surface area contributed by atoms with E-state index in [1.54, 1.807) is 11.8 Å². The lowest BCUT2D eigenvalue weighted by Crippen LogP contribution is -1.99. The van der Waals surface area contributed by atoms with Crippen molar-refractivity contribution in [3.63, 3.8) is 0 Å². The molecule has 0 atom stereocenters. The van der Waals surface area contributed by atoms with Crippen LogP contribution in [0.1, 0.15) is 11.3 Å². The zero-order valence-electron chi connectivity index (χ0n) is 10.6. The van der Waals surface area contributed by atoms with Crippen LogP contribution in [-0.2, 0) is 5.75 Å². The molecule has 19 heavy (non-hydrogen) atoms. The number of rotatable bonds is 4. The normalized spacial score (nSPS) is 10.7. The van der Waals surface area contributed by atoms with Gasteiger partial charge in [0.05, 0.1) is 10.2 Å². The highest BCUT2D eigenvalue weighted by Gasteiger charge is 2.10. The van der Waals surface area contributed by atoms with Gasteiger partial charge in [-0.15, -0.1) is 11.8 Å². The van der Waals surface area contributed by atoms with Crippen molar-refractivity contribution < 1.29 is 0 Å². The van der Waals surface area contributed by atoms with Gasteiger partial charge in [0.15, 0.2) is 5.16 Å². The van der Waals surface area contributed by atoms with E-state index in [2.05, 4.69) is 43.9 Å². The molecule has 2 aromatic heterocycles. The summed E-state index contributed by atoms with van der Waals surface area (Å²) in [6.07, 6.45) is 3.78. The summed E-state index contributed by atoms with van der Waals surface area (Å²) in [5, 5.41) is 1.53. The lowest BCUT2D eigenvalue weighted by Gasteiger charge is -2.06. The minimum atomic E-state index is 0.471. The summed E-state index contributed by atoms with van der Waals surface area (Å²) >= 11 is 6.46. The molecule has 4 nitrogen and oxygen atoms in total. The first-order valence-electron chi connectivity index (χ1n) is 5.51. The Morgan fingerprint density at radius 3 is 2.84 bits per heavy atom. The third kappa shape index (κ3) is 3.84. The van der Waals surface area contributed by atoms with Gasteiger partial charge in [0.1, 0.15) is 10.8 Å². The van der Waals surface area contributed by atoms with Crippen LogP contribution in [0.25, 0.3) is 0 Å². The Balaban J connectivity index is 2.13. The molecule has 0 fully saturated rings. The van der Waals surface area contributed by atoms with Gasteiger partial charge in [0.2, 0.25) is 0 Å². The topological polar surface area (TPSA) is 64.7 Å². The van der Waals surface area contributed by atoms with Gasteiger partial charge in [-0.05, 0) is 46.8 Å². The molecule has 0 bridgehead atoms. The molecular weight excluding hydrogens is 344 g/mol. The third-order valence-corrected chi connectivity index (χ3v) is 4.95. The highest BCUT2D eigenvalue weighted by molar-refractivity contribution is 9.10. The smallest absolute Gasteiger partial charge is 0.191 e. The summed E-state index contributed by atoms with van der Waals surface area (Å²) in [6.45, 7) is 2.05. The van der Waals surface area contributed by atoms with Crippen LogP contribution in [0.3, 0.4) is 0 Å². The van der Waals surface area contributed by atoms with Gasteiger partial charge in [-0.3, -0.25) is 4.98 Å². The average molecular weight is 357 g/mol. The second-order valence-electron chi connectivity index (χ2n) is 3.83. The summed E-state index contributed by atoms with van der Waals surface area (Å²) in [4.78, 5) is 13.0. The second-order valence-corrected chi connectivity index (χ2v) is 6.36. The van der Waals surface area contributed by atoms with Crippen LogP contribution in [0.2, 0.25) is 0 Å². The zero-order valence-corrected chi connectivity index (χ0v) is 13.8. The quantitative estimate of drug-likeness (QED) is 0.513. The van der Waals surface area contributed by atoms with Crippen LogP contribution in [0.15, 0.2) is 33.0 Å². The molecule has 0 aromatic carbocycles. The summed E-state index contributed by atoms with van der Waals surface area (Å²) in [5.41, 5.74) is 8.07. The molecule has 2 N–H and O–H groups in total. The Kier molecular flexibility index (Phi) is 5.06. The fraction of sp³-hybridized carbons (Fsp3) is 0.250. The Morgan fingerprint density at radius 1 is 1.37 bits per heavy atom. The third-order valence-electron chi connectivity index (χ3n) is 2.34. The standard InChI is InChI=1S/C12H13BrN4S2/c1-7-3-4-15-8(5-7)6-19-12-16-10(14)9(13)11(17-12)18-2/h3-5H,6H2,1-2H3,(H2,14,16,17). The molecule has 0 aliphatic rings. The van der Waals surface area contributed by atoms with Crippen molar-refractivity contribution in [3.05, 3.63) is 34.1 Å². The lowest BCUT2D eigenvalue weighted by molar-refractivity contribution is 0.887. The number of nitrogens with zero attached hydrogens (tertiary/aromatic N) is 3. The minimum absolute atomic E-state index is 0.471. The lowest BCUT2D eigenvalue weighted by atomic mass is 10.3. The molecular formula is C12H13BrN4S2. The Labute approximate surface area is 129 Å². The maximum absolute atomic E-state index is 5.85. The number of aromatic nitrogens is 3. The van der Waals surface area contributed by atoms with Crippen LogP contribution in [0.4, 0.5) is 5.82 Å². The number of pyridine rings is 1. The molecule has 0 spiro atoms. The van der Waals surface area contributed by atoms with E-state index in [0.29, 0.717) is 11.0 Å². The number of halogens is 1. The first kappa shape index (κ1) is 14.6. The zero-order chi connectivity index (χ0) is 13.8. The number of hydrogen-bond donors (Lipinski definition) is 1. The van der Waals surface area contributed by atoms with Crippen LogP contribution >= 0.6 is 39.5 Å². The summed E-state index contributed by atoms with van der Waals surface area (Å²) in [5.74, 6) is 1.20.